The van der Waals surface area contributed by atoms with Gasteiger partial charge in [0, 0.05) is 0 Å². The van der Waals surface area contributed by atoms with Gasteiger partial charge in [-0.15, -0.1) is 0 Å². The van der Waals surface area contributed by atoms with E-state index in [1.807, 2.05) is 0 Å². The van der Waals surface area contributed by atoms with E-state index in [-0.39, 0.29) is 12.4 Å². The SMILES string of the molecule is C[NH+](C)CCCCCCCCCCCCCCCCCCCC(O)CS(=O)(=O)O.[Cl-]. The predicted molar refractivity (Wildman–Crippen MR) is 123 cm³/mol. The molecule has 1 atom stereocenters. The minimum Gasteiger partial charge on any atom is -1.00 e. The lowest BCUT2D eigenvalue weighted by Gasteiger charge is -2.08. The summed E-state index contributed by atoms with van der Waals surface area (Å²) < 4.78 is 30.0. The van der Waals surface area contributed by atoms with E-state index in [1.165, 1.54) is 96.4 Å². The molecule has 0 bridgehead atoms. The third-order valence-corrected chi connectivity index (χ3v) is 6.42. The second-order valence-electron chi connectivity index (χ2n) is 9.16. The molecule has 7 heteroatoms. The Hall–Kier alpha value is 0.120. The average Bonchev–Trinajstić information content (AvgIpc) is 2.62. The third kappa shape index (κ3) is 28.1. The van der Waals surface area contributed by atoms with Crippen molar-refractivity contribution in [1.82, 2.24) is 0 Å². The van der Waals surface area contributed by atoms with E-state index in [1.54, 1.807) is 4.90 Å². The largest absolute Gasteiger partial charge is 1.00 e. The van der Waals surface area contributed by atoms with Crippen LogP contribution < -0.4 is 17.3 Å². The van der Waals surface area contributed by atoms with Gasteiger partial charge < -0.3 is 22.4 Å². The zero-order valence-electron chi connectivity index (χ0n) is 19.7. The van der Waals surface area contributed by atoms with Crippen molar-refractivity contribution in [3.05, 3.63) is 0 Å². The summed E-state index contributed by atoms with van der Waals surface area (Å²) in [5.74, 6) is -0.537. The van der Waals surface area contributed by atoms with Gasteiger partial charge in [0.25, 0.3) is 10.1 Å². The van der Waals surface area contributed by atoms with Crippen LogP contribution in [0.1, 0.15) is 116 Å². The first-order chi connectivity index (χ1) is 13.8. The molecule has 0 aliphatic rings. The highest BCUT2D eigenvalue weighted by Gasteiger charge is 2.13. The summed E-state index contributed by atoms with van der Waals surface area (Å²) in [4.78, 5) is 1.57. The van der Waals surface area contributed by atoms with Crippen molar-refractivity contribution in [1.29, 1.82) is 0 Å². The maximum Gasteiger partial charge on any atom is 0.267 e. The van der Waals surface area contributed by atoms with Crippen LogP contribution in [0.15, 0.2) is 0 Å². The predicted octanol–water partition coefficient (Wildman–Crippen LogP) is 1.41. The lowest BCUT2D eigenvalue weighted by molar-refractivity contribution is -0.858. The molecular weight excluding hydrogens is 422 g/mol. The molecule has 5 nitrogen and oxygen atoms in total. The first kappa shape index (κ1) is 32.3. The molecule has 0 rings (SSSR count). The number of rotatable bonds is 22. The molecule has 0 spiro atoms. The fraction of sp³-hybridized carbons (Fsp3) is 1.00. The van der Waals surface area contributed by atoms with Crippen LogP contribution in [-0.2, 0) is 10.1 Å². The average molecular weight is 472 g/mol. The van der Waals surface area contributed by atoms with Gasteiger partial charge in [-0.25, -0.2) is 0 Å². The molecule has 0 aliphatic carbocycles. The number of aliphatic hydroxyl groups is 1. The Kier molecular flexibility index (Phi) is 24.0. The number of nitrogens with one attached hydrogen (secondary N) is 1. The Morgan fingerprint density at radius 2 is 0.933 bits per heavy atom. The third-order valence-electron chi connectivity index (χ3n) is 5.62. The van der Waals surface area contributed by atoms with Crippen molar-refractivity contribution >= 4 is 10.1 Å². The standard InChI is InChI=1S/C23H49NO4S.ClH/c1-24(2)21-19-17-15-13-11-9-7-5-3-4-6-8-10-12-14-16-18-20-23(25)22-29(26,27)28;/h23,25H,3-22H2,1-2H3,(H,26,27,28);1H. The molecule has 0 saturated carbocycles. The van der Waals surface area contributed by atoms with Crippen molar-refractivity contribution in [3.63, 3.8) is 0 Å². The van der Waals surface area contributed by atoms with E-state index in [2.05, 4.69) is 14.1 Å². The summed E-state index contributed by atoms with van der Waals surface area (Å²) in [6.07, 6.45) is 21.7. The van der Waals surface area contributed by atoms with Crippen LogP contribution in [-0.4, -0.2) is 50.6 Å². The van der Waals surface area contributed by atoms with Gasteiger partial charge in [-0.05, 0) is 19.3 Å². The van der Waals surface area contributed by atoms with Crippen LogP contribution >= 0.6 is 0 Å². The molecule has 0 heterocycles. The number of hydrogen-bond acceptors (Lipinski definition) is 3. The molecule has 0 fully saturated rings. The Morgan fingerprint density at radius 3 is 1.23 bits per heavy atom. The van der Waals surface area contributed by atoms with E-state index >= 15 is 0 Å². The lowest BCUT2D eigenvalue weighted by atomic mass is 10.0. The summed E-state index contributed by atoms with van der Waals surface area (Å²) >= 11 is 0. The summed E-state index contributed by atoms with van der Waals surface area (Å²) in [6, 6.07) is 0. The molecule has 0 aromatic rings. The smallest absolute Gasteiger partial charge is 0.267 e. The maximum atomic E-state index is 10.6. The molecule has 0 saturated heterocycles. The molecule has 3 N–H and O–H groups in total. The Labute approximate surface area is 193 Å². The maximum absolute atomic E-state index is 10.6. The van der Waals surface area contributed by atoms with Crippen LogP contribution in [0.25, 0.3) is 0 Å². The van der Waals surface area contributed by atoms with E-state index < -0.39 is 22.0 Å². The Bertz CT molecular complexity index is 446. The fourth-order valence-corrected chi connectivity index (χ4v) is 4.49. The first-order valence-corrected chi connectivity index (χ1v) is 13.8. The molecule has 30 heavy (non-hydrogen) atoms. The zero-order valence-corrected chi connectivity index (χ0v) is 21.3. The van der Waals surface area contributed by atoms with Gasteiger partial charge >= 0.3 is 0 Å². The highest BCUT2D eigenvalue weighted by Crippen LogP contribution is 2.14. The van der Waals surface area contributed by atoms with Crippen LogP contribution in [0.5, 0.6) is 0 Å². The van der Waals surface area contributed by atoms with E-state index in [0.29, 0.717) is 6.42 Å². The minimum atomic E-state index is -4.05. The zero-order chi connectivity index (χ0) is 21.8. The summed E-state index contributed by atoms with van der Waals surface area (Å²) in [6.45, 7) is 1.31. The molecule has 0 radical (unpaired) electrons. The monoisotopic (exact) mass is 471 g/mol. The van der Waals surface area contributed by atoms with Gasteiger partial charge in [-0.3, -0.25) is 4.55 Å². The summed E-state index contributed by atoms with van der Waals surface area (Å²) in [5.41, 5.74) is 0. The highest BCUT2D eigenvalue weighted by molar-refractivity contribution is 7.85. The molecule has 0 aliphatic heterocycles. The van der Waals surface area contributed by atoms with Crippen LogP contribution in [0.2, 0.25) is 0 Å². The van der Waals surface area contributed by atoms with Crippen molar-refractivity contribution in [2.75, 3.05) is 26.4 Å². The minimum absolute atomic E-state index is 0. The Morgan fingerprint density at radius 1 is 0.633 bits per heavy atom. The quantitative estimate of drug-likeness (QED) is 0.165. The second-order valence-corrected chi connectivity index (χ2v) is 10.7. The second kappa shape index (κ2) is 22.3. The summed E-state index contributed by atoms with van der Waals surface area (Å²) in [7, 11) is 0.413. The van der Waals surface area contributed by atoms with E-state index in [4.69, 9.17) is 4.55 Å². The molecule has 0 amide bonds. The van der Waals surface area contributed by atoms with Crippen molar-refractivity contribution in [2.24, 2.45) is 0 Å². The number of unbranched alkanes of at least 4 members (excludes halogenated alkanes) is 16. The van der Waals surface area contributed by atoms with Crippen LogP contribution in [0, 0.1) is 0 Å². The van der Waals surface area contributed by atoms with Gasteiger partial charge in [0.2, 0.25) is 0 Å². The van der Waals surface area contributed by atoms with Gasteiger partial charge in [0.05, 0.1) is 26.7 Å². The molecule has 0 aromatic carbocycles. The van der Waals surface area contributed by atoms with Crippen LogP contribution in [0.3, 0.4) is 0 Å². The highest BCUT2D eigenvalue weighted by atomic mass is 35.5. The lowest BCUT2D eigenvalue weighted by Crippen LogP contribution is -3.05. The van der Waals surface area contributed by atoms with Crippen molar-refractivity contribution in [2.45, 2.75) is 122 Å². The van der Waals surface area contributed by atoms with Gasteiger partial charge in [-0.1, -0.05) is 96.3 Å². The Balaban J connectivity index is 0. The number of quaternary nitrogens is 1. The van der Waals surface area contributed by atoms with Gasteiger partial charge in [0.15, 0.2) is 0 Å². The number of aliphatic hydroxyl groups excluding tert-OH is 1. The normalized spacial score (nSPS) is 12.8. The molecule has 0 aromatic heterocycles. The molecule has 1 unspecified atom stereocenters. The first-order valence-electron chi connectivity index (χ1n) is 12.2. The fourth-order valence-electron chi connectivity index (χ4n) is 3.84. The molecular formula is C23H50ClNO4S. The molecule has 184 valence electrons. The van der Waals surface area contributed by atoms with E-state index in [0.717, 1.165) is 19.3 Å². The number of hydrogen-bond donors (Lipinski definition) is 3. The number of halogens is 1. The van der Waals surface area contributed by atoms with Gasteiger partial charge in [0.1, 0.15) is 5.75 Å². The van der Waals surface area contributed by atoms with Gasteiger partial charge in [-0.2, -0.15) is 8.42 Å². The van der Waals surface area contributed by atoms with Crippen molar-refractivity contribution in [3.8, 4) is 0 Å². The topological polar surface area (TPSA) is 79.0 Å². The van der Waals surface area contributed by atoms with Crippen LogP contribution in [0.4, 0.5) is 0 Å². The van der Waals surface area contributed by atoms with E-state index in [9.17, 15) is 13.5 Å². The van der Waals surface area contributed by atoms with Crippen molar-refractivity contribution < 1.29 is 35.4 Å². The summed E-state index contributed by atoms with van der Waals surface area (Å²) in [5, 5.41) is 9.50.